The van der Waals surface area contributed by atoms with E-state index in [1.54, 1.807) is 0 Å². The molecule has 6 rings (SSSR count). The standard InChI is InChI=1S/C25H25BrN4O2.C8H6BrNO/c1-15-22(25(32)27-11-12-30(2)3)23(16-7-5-4-6-8-16)21(28-15)14-19-18-13-17(26)9-10-20(18)29-24(19)31;9-6-1-2-7-5(3-6)4-8(11)10-7/h4-10,13-14,28H,11-12H2,1-3H3,(H,27,32)(H,29,31);1-3H,4H2,(H,10,11). The van der Waals surface area contributed by atoms with Crippen molar-refractivity contribution < 1.29 is 14.4 Å². The van der Waals surface area contributed by atoms with E-state index in [1.165, 1.54) is 0 Å². The van der Waals surface area contributed by atoms with E-state index in [9.17, 15) is 14.4 Å². The predicted molar refractivity (Wildman–Crippen MR) is 179 cm³/mol. The Labute approximate surface area is 267 Å². The van der Waals surface area contributed by atoms with Crippen molar-refractivity contribution in [2.24, 2.45) is 0 Å². The molecule has 3 amide bonds. The first-order valence-electron chi connectivity index (χ1n) is 13.7. The number of rotatable bonds is 6. The minimum Gasteiger partial charge on any atom is -0.358 e. The van der Waals surface area contributed by atoms with Crippen LogP contribution in [0, 0.1) is 6.92 Å². The van der Waals surface area contributed by atoms with Gasteiger partial charge in [0.25, 0.3) is 11.8 Å². The van der Waals surface area contributed by atoms with Crippen molar-refractivity contribution in [2.75, 3.05) is 37.8 Å². The largest absolute Gasteiger partial charge is 0.358 e. The third-order valence-corrected chi connectivity index (χ3v) is 8.08. The molecule has 4 N–H and O–H groups in total. The zero-order valence-corrected chi connectivity index (χ0v) is 27.1. The fourth-order valence-electron chi connectivity index (χ4n) is 5.07. The number of halogens is 2. The number of amides is 3. The van der Waals surface area contributed by atoms with E-state index in [-0.39, 0.29) is 17.7 Å². The number of aryl methyl sites for hydroxylation is 1. The lowest BCUT2D eigenvalue weighted by atomic mass is 9.97. The van der Waals surface area contributed by atoms with Gasteiger partial charge < -0.3 is 25.8 Å². The van der Waals surface area contributed by atoms with Crippen LogP contribution in [0.5, 0.6) is 0 Å². The quantitative estimate of drug-likeness (QED) is 0.173. The molecule has 0 bridgehead atoms. The average Bonchev–Trinajstić information content (AvgIpc) is 3.60. The van der Waals surface area contributed by atoms with Crippen LogP contribution in [0.3, 0.4) is 0 Å². The number of H-pyrrole nitrogens is 1. The highest BCUT2D eigenvalue weighted by molar-refractivity contribution is 9.10. The number of hydrogen-bond donors (Lipinski definition) is 4. The number of carbonyl (C=O) groups is 3. The van der Waals surface area contributed by atoms with Crippen LogP contribution in [-0.4, -0.2) is 54.8 Å². The van der Waals surface area contributed by atoms with Gasteiger partial charge in [0.1, 0.15) is 0 Å². The van der Waals surface area contributed by atoms with E-state index in [0.29, 0.717) is 24.1 Å². The Morgan fingerprint density at radius 3 is 2.37 bits per heavy atom. The highest BCUT2D eigenvalue weighted by Gasteiger charge is 2.27. The van der Waals surface area contributed by atoms with Gasteiger partial charge >= 0.3 is 0 Å². The van der Waals surface area contributed by atoms with E-state index in [4.69, 9.17) is 0 Å². The van der Waals surface area contributed by atoms with Gasteiger partial charge in [0.2, 0.25) is 5.91 Å². The summed E-state index contributed by atoms with van der Waals surface area (Å²) in [5.41, 5.74) is 7.94. The normalized spacial score (nSPS) is 14.1. The maximum Gasteiger partial charge on any atom is 0.256 e. The number of aromatic amines is 1. The summed E-state index contributed by atoms with van der Waals surface area (Å²) in [6, 6.07) is 21.3. The van der Waals surface area contributed by atoms with E-state index in [2.05, 4.69) is 52.8 Å². The number of anilines is 2. The summed E-state index contributed by atoms with van der Waals surface area (Å²) in [6.45, 7) is 3.18. The number of aromatic nitrogens is 1. The lowest BCUT2D eigenvalue weighted by Crippen LogP contribution is -2.31. The Morgan fingerprint density at radius 1 is 0.953 bits per heavy atom. The number of hydrogen-bond acceptors (Lipinski definition) is 4. The van der Waals surface area contributed by atoms with Crippen molar-refractivity contribution in [1.82, 2.24) is 15.2 Å². The van der Waals surface area contributed by atoms with Crippen LogP contribution < -0.4 is 16.0 Å². The molecule has 43 heavy (non-hydrogen) atoms. The molecule has 4 aromatic rings. The van der Waals surface area contributed by atoms with Crippen molar-refractivity contribution in [3.05, 3.63) is 104 Å². The molecule has 0 saturated carbocycles. The minimum absolute atomic E-state index is 0.0816. The molecule has 0 saturated heterocycles. The molecule has 0 unspecified atom stereocenters. The van der Waals surface area contributed by atoms with E-state index in [0.717, 1.165) is 60.5 Å². The monoisotopic (exact) mass is 703 g/mol. The van der Waals surface area contributed by atoms with Crippen LogP contribution in [0.2, 0.25) is 0 Å². The van der Waals surface area contributed by atoms with Crippen molar-refractivity contribution in [2.45, 2.75) is 13.3 Å². The smallest absolute Gasteiger partial charge is 0.256 e. The second kappa shape index (κ2) is 13.1. The van der Waals surface area contributed by atoms with Gasteiger partial charge in [-0.05, 0) is 74.6 Å². The van der Waals surface area contributed by atoms with Crippen molar-refractivity contribution >= 4 is 72.6 Å². The van der Waals surface area contributed by atoms with Crippen LogP contribution in [0.4, 0.5) is 11.4 Å². The molecular weight excluding hydrogens is 674 g/mol. The highest BCUT2D eigenvalue weighted by Crippen LogP contribution is 2.38. The highest BCUT2D eigenvalue weighted by atomic mass is 79.9. The Balaban J connectivity index is 0.000000279. The fourth-order valence-corrected chi connectivity index (χ4v) is 5.84. The van der Waals surface area contributed by atoms with Crippen molar-refractivity contribution in [3.8, 4) is 11.1 Å². The van der Waals surface area contributed by atoms with Crippen LogP contribution >= 0.6 is 31.9 Å². The second-order valence-corrected chi connectivity index (χ2v) is 12.4. The number of nitrogens with zero attached hydrogens (tertiary/aromatic N) is 1. The van der Waals surface area contributed by atoms with Gasteiger partial charge in [-0.1, -0.05) is 62.2 Å². The maximum absolute atomic E-state index is 13.1. The molecule has 10 heteroatoms. The molecule has 2 aliphatic heterocycles. The maximum atomic E-state index is 13.1. The van der Waals surface area contributed by atoms with E-state index in [1.807, 2.05) is 98.7 Å². The van der Waals surface area contributed by atoms with Gasteiger partial charge in [-0.3, -0.25) is 14.4 Å². The van der Waals surface area contributed by atoms with Crippen molar-refractivity contribution in [3.63, 3.8) is 0 Å². The number of fused-ring (bicyclic) bond motifs is 2. The van der Waals surface area contributed by atoms with Crippen LogP contribution in [0.25, 0.3) is 22.8 Å². The average molecular weight is 705 g/mol. The summed E-state index contributed by atoms with van der Waals surface area (Å²) in [6.07, 6.45) is 2.34. The number of likely N-dealkylation sites (N-methyl/N-ethyl adjacent to an activating group) is 1. The first kappa shape index (κ1) is 30.5. The van der Waals surface area contributed by atoms with Gasteiger partial charge in [0.05, 0.1) is 17.6 Å². The number of benzene rings is 3. The molecule has 1 aromatic heterocycles. The molecule has 0 spiro atoms. The summed E-state index contributed by atoms with van der Waals surface area (Å²) in [4.78, 5) is 42.1. The third-order valence-electron chi connectivity index (χ3n) is 7.10. The third kappa shape index (κ3) is 6.98. The summed E-state index contributed by atoms with van der Waals surface area (Å²) in [5, 5.41) is 8.69. The van der Waals surface area contributed by atoms with Crippen molar-refractivity contribution in [1.29, 1.82) is 0 Å². The van der Waals surface area contributed by atoms with Gasteiger partial charge in [-0.15, -0.1) is 0 Å². The molecule has 8 nitrogen and oxygen atoms in total. The van der Waals surface area contributed by atoms with Crippen LogP contribution in [-0.2, 0) is 16.0 Å². The lowest BCUT2D eigenvalue weighted by Gasteiger charge is -2.12. The number of carbonyl (C=O) groups excluding carboxylic acids is 3. The Hall–Kier alpha value is -3.99. The van der Waals surface area contributed by atoms with Crippen LogP contribution in [0.1, 0.15) is 32.9 Å². The molecular formula is C33H31Br2N5O3. The first-order valence-corrected chi connectivity index (χ1v) is 15.3. The zero-order chi connectivity index (χ0) is 30.7. The van der Waals surface area contributed by atoms with Gasteiger partial charge in [0, 0.05) is 55.9 Å². The molecule has 0 radical (unpaired) electrons. The SMILES string of the molecule is Cc1[nH]c(C=C2C(=O)Nc3ccc(Br)cc32)c(-c2ccccc2)c1C(=O)NCCN(C)C.O=C1Cc2cc(Br)ccc2N1. The fraction of sp³-hybridized carbons (Fsp3) is 0.182. The zero-order valence-electron chi connectivity index (χ0n) is 24.0. The molecule has 3 aromatic carbocycles. The van der Waals surface area contributed by atoms with Gasteiger partial charge in [0.15, 0.2) is 0 Å². The predicted octanol–water partition coefficient (Wildman–Crippen LogP) is 6.48. The Morgan fingerprint density at radius 2 is 1.65 bits per heavy atom. The summed E-state index contributed by atoms with van der Waals surface area (Å²) < 4.78 is 1.92. The van der Waals surface area contributed by atoms with E-state index < -0.39 is 0 Å². The summed E-state index contributed by atoms with van der Waals surface area (Å²) >= 11 is 6.83. The molecule has 0 fully saturated rings. The summed E-state index contributed by atoms with van der Waals surface area (Å²) in [7, 11) is 3.94. The Kier molecular flexibility index (Phi) is 9.29. The van der Waals surface area contributed by atoms with E-state index >= 15 is 0 Å². The molecule has 3 heterocycles. The molecule has 0 aliphatic carbocycles. The molecule has 220 valence electrons. The first-order chi connectivity index (χ1) is 20.6. The van der Waals surface area contributed by atoms with Gasteiger partial charge in [-0.25, -0.2) is 0 Å². The lowest BCUT2D eigenvalue weighted by molar-refractivity contribution is -0.115. The minimum atomic E-state index is -0.165. The van der Waals surface area contributed by atoms with Crippen LogP contribution in [0.15, 0.2) is 75.7 Å². The second-order valence-electron chi connectivity index (χ2n) is 10.6. The van der Waals surface area contributed by atoms with Gasteiger partial charge in [-0.2, -0.15) is 0 Å². The molecule has 2 aliphatic rings. The Bertz CT molecular complexity index is 1740. The number of nitrogens with one attached hydrogen (secondary N) is 4. The topological polar surface area (TPSA) is 106 Å². The molecule has 0 atom stereocenters. The summed E-state index contributed by atoms with van der Waals surface area (Å²) in [5.74, 6) is -0.220.